The van der Waals surface area contributed by atoms with Gasteiger partial charge in [0.25, 0.3) is 11.5 Å². The lowest BCUT2D eigenvalue weighted by atomic mass is 9.85. The maximum atomic E-state index is 13.4. The van der Waals surface area contributed by atoms with Gasteiger partial charge in [0, 0.05) is 25.3 Å². The minimum absolute atomic E-state index is 0.138. The second kappa shape index (κ2) is 8.59. The van der Waals surface area contributed by atoms with E-state index >= 15 is 0 Å². The fourth-order valence-electron chi connectivity index (χ4n) is 4.22. The Balaban J connectivity index is 2.05. The first-order valence-corrected chi connectivity index (χ1v) is 10.2. The van der Waals surface area contributed by atoms with Gasteiger partial charge in [0.05, 0.1) is 0 Å². The van der Waals surface area contributed by atoms with Crippen molar-refractivity contribution in [1.82, 2.24) is 4.90 Å². The van der Waals surface area contributed by atoms with Crippen LogP contribution in [0, 0.1) is 0 Å². The lowest BCUT2D eigenvalue weighted by molar-refractivity contribution is -0.164. The van der Waals surface area contributed by atoms with Crippen molar-refractivity contribution >= 4 is 17.5 Å². The number of nitrogens with zero attached hydrogens (tertiary/aromatic N) is 1. The number of aliphatic hydroxyl groups excluding tert-OH is 3. The number of hydrogen-bond acceptors (Lipinski definition) is 8. The number of aliphatic hydroxyl groups is 3. The molecule has 2 aliphatic heterocycles. The minimum Gasteiger partial charge on any atom is -0.467 e. The molecule has 1 fully saturated rings. The van der Waals surface area contributed by atoms with Gasteiger partial charge in [-0.3, -0.25) is 14.4 Å². The highest BCUT2D eigenvalue weighted by Gasteiger charge is 2.76. The molecule has 3 rings (SSSR count). The summed E-state index contributed by atoms with van der Waals surface area (Å²) in [5, 5.41) is 32.1. The van der Waals surface area contributed by atoms with Gasteiger partial charge in [-0.05, 0) is 13.3 Å². The number of Topliss-reactive ketones (excluding diaryl/α,β-unsaturated/α-hetero) is 2. The predicted octanol–water partition coefficient (Wildman–Crippen LogP) is 0.345. The minimum atomic E-state index is -2.52. The van der Waals surface area contributed by atoms with Crippen molar-refractivity contribution in [3.8, 4) is 0 Å². The largest absolute Gasteiger partial charge is 0.467 e. The molecule has 0 unspecified atom stereocenters. The number of ether oxygens (including phenoxy) is 2. The van der Waals surface area contributed by atoms with Gasteiger partial charge in [-0.15, -0.1) is 0 Å². The van der Waals surface area contributed by atoms with Crippen molar-refractivity contribution in [2.75, 3.05) is 14.2 Å². The molecule has 0 aromatic heterocycles. The standard InChI is InChI=1S/C23H27NO8/c1-5-6-12-15(25)16(26)17-13(2)18(27)22(32-17)20(29)23(31-4,24(3)21(22)30)19(28)14-10-8-7-9-11-14/h6-12,15-16,20,25-26,29H,5H2,1-4H3/b12-6-/t15-,16-,20+,22+,23+/m0/s1. The Morgan fingerprint density at radius 1 is 1.28 bits per heavy atom. The van der Waals surface area contributed by atoms with Crippen molar-refractivity contribution < 1.29 is 39.2 Å². The average molecular weight is 445 g/mol. The van der Waals surface area contributed by atoms with Crippen LogP contribution in [0.5, 0.6) is 0 Å². The number of rotatable bonds is 7. The summed E-state index contributed by atoms with van der Waals surface area (Å²) in [6, 6.07) is 7.90. The fraction of sp³-hybridized carbons (Fsp3) is 0.435. The van der Waals surface area contributed by atoms with Gasteiger partial charge in [-0.1, -0.05) is 49.4 Å². The number of amides is 1. The quantitative estimate of drug-likeness (QED) is 0.311. The Morgan fingerprint density at radius 3 is 2.47 bits per heavy atom. The van der Waals surface area contributed by atoms with E-state index in [1.807, 2.05) is 6.92 Å². The Labute approximate surface area is 185 Å². The molecule has 9 nitrogen and oxygen atoms in total. The second-order valence-electron chi connectivity index (χ2n) is 7.79. The first-order chi connectivity index (χ1) is 15.1. The third-order valence-corrected chi connectivity index (χ3v) is 6.03. The van der Waals surface area contributed by atoms with Gasteiger partial charge < -0.3 is 29.7 Å². The van der Waals surface area contributed by atoms with Crippen LogP contribution in [0.3, 0.4) is 0 Å². The van der Waals surface area contributed by atoms with E-state index in [-0.39, 0.29) is 16.9 Å². The van der Waals surface area contributed by atoms with Crippen LogP contribution in [0.15, 0.2) is 53.8 Å². The van der Waals surface area contributed by atoms with Crippen LogP contribution in [-0.2, 0) is 19.1 Å². The lowest BCUT2D eigenvalue weighted by Gasteiger charge is -2.35. The number of carbonyl (C=O) groups is 3. The molecular weight excluding hydrogens is 418 g/mol. The van der Waals surface area contributed by atoms with Gasteiger partial charge >= 0.3 is 0 Å². The highest BCUT2D eigenvalue weighted by molar-refractivity contribution is 6.23. The molecule has 5 atom stereocenters. The maximum Gasteiger partial charge on any atom is 0.280 e. The molecule has 2 heterocycles. The molecule has 1 spiro atoms. The van der Waals surface area contributed by atoms with E-state index in [1.54, 1.807) is 24.3 Å². The molecule has 32 heavy (non-hydrogen) atoms. The molecule has 0 saturated carbocycles. The Kier molecular flexibility index (Phi) is 6.39. The Hall–Kier alpha value is -2.85. The van der Waals surface area contributed by atoms with Crippen LogP contribution in [0.4, 0.5) is 0 Å². The van der Waals surface area contributed by atoms with Crippen molar-refractivity contribution in [3.05, 3.63) is 59.4 Å². The molecule has 1 aromatic rings. The average Bonchev–Trinajstić information content (AvgIpc) is 3.16. The number of hydrogen-bond donors (Lipinski definition) is 3. The van der Waals surface area contributed by atoms with Crippen LogP contribution in [0.25, 0.3) is 0 Å². The number of allylic oxidation sites excluding steroid dienone is 1. The van der Waals surface area contributed by atoms with E-state index in [0.717, 1.165) is 12.0 Å². The smallest absolute Gasteiger partial charge is 0.280 e. The summed E-state index contributed by atoms with van der Waals surface area (Å²) in [5.74, 6) is -3.00. The van der Waals surface area contributed by atoms with E-state index in [4.69, 9.17) is 9.47 Å². The summed E-state index contributed by atoms with van der Waals surface area (Å²) >= 11 is 0. The van der Waals surface area contributed by atoms with Gasteiger partial charge in [0.15, 0.2) is 6.10 Å². The van der Waals surface area contributed by atoms with Crippen molar-refractivity contribution in [3.63, 3.8) is 0 Å². The molecule has 1 aromatic carbocycles. The third kappa shape index (κ3) is 3.12. The molecular formula is C23H27NO8. The summed E-state index contributed by atoms with van der Waals surface area (Å²) < 4.78 is 11.1. The van der Waals surface area contributed by atoms with E-state index in [2.05, 4.69) is 0 Å². The number of benzene rings is 1. The van der Waals surface area contributed by atoms with E-state index < -0.39 is 47.1 Å². The molecule has 172 valence electrons. The Bertz CT molecular complexity index is 987. The lowest BCUT2D eigenvalue weighted by Crippen LogP contribution is -2.61. The van der Waals surface area contributed by atoms with Gasteiger partial charge in [0.1, 0.15) is 18.0 Å². The molecule has 0 bridgehead atoms. The van der Waals surface area contributed by atoms with Crippen molar-refractivity contribution in [2.24, 2.45) is 0 Å². The Morgan fingerprint density at radius 2 is 1.91 bits per heavy atom. The van der Waals surface area contributed by atoms with Crippen LogP contribution in [-0.4, -0.2) is 81.5 Å². The molecule has 3 N–H and O–H groups in total. The zero-order valence-electron chi connectivity index (χ0n) is 18.3. The summed E-state index contributed by atoms with van der Waals surface area (Å²) in [5.41, 5.74) is -4.75. The van der Waals surface area contributed by atoms with Crippen molar-refractivity contribution in [2.45, 2.75) is 49.9 Å². The summed E-state index contributed by atoms with van der Waals surface area (Å²) in [4.78, 5) is 40.8. The third-order valence-electron chi connectivity index (χ3n) is 6.03. The highest BCUT2D eigenvalue weighted by Crippen LogP contribution is 2.48. The van der Waals surface area contributed by atoms with E-state index in [1.165, 1.54) is 32.2 Å². The van der Waals surface area contributed by atoms with Gasteiger partial charge in [-0.2, -0.15) is 0 Å². The number of methoxy groups -OCH3 is 1. The molecule has 2 aliphatic rings. The summed E-state index contributed by atoms with van der Waals surface area (Å²) in [6.07, 6.45) is -1.57. The zero-order valence-corrected chi connectivity index (χ0v) is 18.3. The summed E-state index contributed by atoms with van der Waals surface area (Å²) in [7, 11) is 2.37. The van der Waals surface area contributed by atoms with E-state index in [9.17, 15) is 29.7 Å². The number of ketones is 2. The van der Waals surface area contributed by atoms with Crippen molar-refractivity contribution in [1.29, 1.82) is 0 Å². The zero-order chi connectivity index (χ0) is 23.8. The number of carbonyl (C=O) groups excluding carboxylic acids is 3. The number of likely N-dealkylation sites (N-methyl/N-ethyl adjacent to an activating group) is 1. The first-order valence-electron chi connectivity index (χ1n) is 10.2. The summed E-state index contributed by atoms with van der Waals surface area (Å²) in [6.45, 7) is 3.15. The van der Waals surface area contributed by atoms with Crippen LogP contribution >= 0.6 is 0 Å². The normalized spacial score (nSPS) is 29.8. The maximum absolute atomic E-state index is 13.4. The monoisotopic (exact) mass is 445 g/mol. The highest BCUT2D eigenvalue weighted by atomic mass is 16.6. The molecule has 0 radical (unpaired) electrons. The number of likely N-dealkylation sites (tertiary alicyclic amines) is 1. The molecule has 1 amide bonds. The molecule has 0 aliphatic carbocycles. The molecule has 1 saturated heterocycles. The SMILES string of the molecule is CC/C=C\[C@H](O)[C@H](O)C1=C(C)C(=O)[C@]2(O1)C(=O)N(C)[C@@](OC)(C(=O)c1ccccc1)[C@@H]2O. The predicted molar refractivity (Wildman–Crippen MR) is 112 cm³/mol. The van der Waals surface area contributed by atoms with Gasteiger partial charge in [-0.25, -0.2) is 0 Å². The topological polar surface area (TPSA) is 134 Å². The first kappa shape index (κ1) is 23.8. The second-order valence-corrected chi connectivity index (χ2v) is 7.79. The van der Waals surface area contributed by atoms with Crippen LogP contribution in [0.2, 0.25) is 0 Å². The van der Waals surface area contributed by atoms with Crippen LogP contribution < -0.4 is 0 Å². The van der Waals surface area contributed by atoms with E-state index in [0.29, 0.717) is 6.42 Å². The molecule has 9 heteroatoms. The fourth-order valence-corrected chi connectivity index (χ4v) is 4.22. The van der Waals surface area contributed by atoms with Crippen LogP contribution in [0.1, 0.15) is 30.6 Å². The van der Waals surface area contributed by atoms with Gasteiger partial charge in [0.2, 0.25) is 17.3 Å².